The molecule has 0 saturated carbocycles. The molecule has 0 rings (SSSR count). The molecule has 90 valence electrons. The van der Waals surface area contributed by atoms with E-state index in [1.807, 2.05) is 20.8 Å². The van der Waals surface area contributed by atoms with Crippen LogP contribution in [-0.4, -0.2) is 23.7 Å². The number of carbonyl (C=O) groups is 1. The van der Waals surface area contributed by atoms with Gasteiger partial charge in [0, 0.05) is 12.0 Å². The quantitative estimate of drug-likeness (QED) is 0.736. The maximum atomic E-state index is 11.5. The number of rotatable bonds is 5. The van der Waals surface area contributed by atoms with Crippen molar-refractivity contribution < 1.29 is 9.90 Å². The van der Waals surface area contributed by atoms with Crippen molar-refractivity contribution in [2.24, 2.45) is 11.3 Å². The predicted octanol–water partition coefficient (Wildman–Crippen LogP) is 1.95. The van der Waals surface area contributed by atoms with Crippen molar-refractivity contribution in [2.45, 2.75) is 53.6 Å². The van der Waals surface area contributed by atoms with Gasteiger partial charge in [0.2, 0.25) is 5.91 Å². The first-order valence-electron chi connectivity index (χ1n) is 5.79. The van der Waals surface area contributed by atoms with Crippen LogP contribution < -0.4 is 5.32 Å². The van der Waals surface area contributed by atoms with E-state index in [0.717, 1.165) is 12.8 Å². The minimum Gasteiger partial charge on any atom is -0.391 e. The van der Waals surface area contributed by atoms with Crippen LogP contribution in [0.15, 0.2) is 0 Å². The molecule has 3 nitrogen and oxygen atoms in total. The maximum absolute atomic E-state index is 11.5. The highest BCUT2D eigenvalue weighted by Crippen LogP contribution is 2.15. The Morgan fingerprint density at radius 3 is 2.07 bits per heavy atom. The molecule has 1 unspecified atom stereocenters. The lowest BCUT2D eigenvalue weighted by molar-refractivity contribution is -0.129. The van der Waals surface area contributed by atoms with Gasteiger partial charge in [-0.15, -0.1) is 0 Å². The van der Waals surface area contributed by atoms with Crippen LogP contribution in [0, 0.1) is 11.3 Å². The van der Waals surface area contributed by atoms with E-state index in [0.29, 0.717) is 6.54 Å². The van der Waals surface area contributed by atoms with Crippen LogP contribution in [0.4, 0.5) is 0 Å². The first-order chi connectivity index (χ1) is 6.82. The topological polar surface area (TPSA) is 49.3 Å². The smallest absolute Gasteiger partial charge is 0.225 e. The lowest BCUT2D eigenvalue weighted by Crippen LogP contribution is -2.41. The molecule has 0 aromatic rings. The summed E-state index contributed by atoms with van der Waals surface area (Å²) >= 11 is 0. The van der Waals surface area contributed by atoms with Crippen molar-refractivity contribution >= 4 is 5.91 Å². The fourth-order valence-electron chi connectivity index (χ4n) is 1.46. The second-order valence-electron chi connectivity index (χ2n) is 5.10. The van der Waals surface area contributed by atoms with E-state index in [1.54, 1.807) is 0 Å². The standard InChI is InChI=1S/C12H25NO2/c1-6-9(7-2)10(14)8-13-11(15)12(3,4)5/h9-10,14H,6-8H2,1-5H3,(H,13,15). The molecule has 2 N–H and O–H groups in total. The number of aliphatic hydroxyl groups is 1. The van der Waals surface area contributed by atoms with E-state index < -0.39 is 6.10 Å². The van der Waals surface area contributed by atoms with Gasteiger partial charge in [-0.3, -0.25) is 4.79 Å². The summed E-state index contributed by atoms with van der Waals surface area (Å²) in [6.07, 6.45) is 1.47. The third-order valence-corrected chi connectivity index (χ3v) is 2.75. The molecule has 0 bridgehead atoms. The second-order valence-corrected chi connectivity index (χ2v) is 5.10. The van der Waals surface area contributed by atoms with Crippen LogP contribution >= 0.6 is 0 Å². The van der Waals surface area contributed by atoms with Crippen molar-refractivity contribution in [3.8, 4) is 0 Å². The number of nitrogens with one attached hydrogen (secondary N) is 1. The highest BCUT2D eigenvalue weighted by atomic mass is 16.3. The monoisotopic (exact) mass is 215 g/mol. The normalized spacial score (nSPS) is 14.1. The zero-order valence-corrected chi connectivity index (χ0v) is 10.6. The zero-order chi connectivity index (χ0) is 12.1. The molecule has 0 fully saturated rings. The molecule has 0 aliphatic carbocycles. The Kier molecular flexibility index (Phi) is 5.88. The molecule has 0 spiro atoms. The predicted molar refractivity (Wildman–Crippen MR) is 62.5 cm³/mol. The summed E-state index contributed by atoms with van der Waals surface area (Å²) in [6.45, 7) is 10.1. The van der Waals surface area contributed by atoms with Crippen LogP contribution in [0.25, 0.3) is 0 Å². The molecular weight excluding hydrogens is 190 g/mol. The van der Waals surface area contributed by atoms with Crippen LogP contribution in [0.1, 0.15) is 47.5 Å². The van der Waals surface area contributed by atoms with Gasteiger partial charge in [0.1, 0.15) is 0 Å². The van der Waals surface area contributed by atoms with Gasteiger partial charge in [0.15, 0.2) is 0 Å². The Bertz CT molecular complexity index is 192. The van der Waals surface area contributed by atoms with Crippen molar-refractivity contribution in [1.29, 1.82) is 0 Å². The molecule has 1 amide bonds. The summed E-state index contributed by atoms with van der Waals surface area (Å²) in [5.41, 5.74) is -0.381. The third-order valence-electron chi connectivity index (χ3n) is 2.75. The highest BCUT2D eigenvalue weighted by molar-refractivity contribution is 5.81. The maximum Gasteiger partial charge on any atom is 0.225 e. The molecule has 0 aliphatic heterocycles. The first-order valence-corrected chi connectivity index (χ1v) is 5.79. The van der Waals surface area contributed by atoms with Crippen LogP contribution in [0.5, 0.6) is 0 Å². The van der Waals surface area contributed by atoms with E-state index in [2.05, 4.69) is 19.2 Å². The Labute approximate surface area is 93.3 Å². The van der Waals surface area contributed by atoms with Gasteiger partial charge in [-0.05, 0) is 5.92 Å². The minimum atomic E-state index is -0.425. The number of amides is 1. The molecule has 0 saturated heterocycles. The molecule has 3 heteroatoms. The number of hydrogen-bond acceptors (Lipinski definition) is 2. The highest BCUT2D eigenvalue weighted by Gasteiger charge is 2.23. The van der Waals surface area contributed by atoms with E-state index in [-0.39, 0.29) is 17.2 Å². The lowest BCUT2D eigenvalue weighted by atomic mass is 9.94. The Morgan fingerprint density at radius 1 is 1.27 bits per heavy atom. The first kappa shape index (κ1) is 14.4. The van der Waals surface area contributed by atoms with Gasteiger partial charge in [0.05, 0.1) is 6.10 Å². The van der Waals surface area contributed by atoms with Gasteiger partial charge >= 0.3 is 0 Å². The zero-order valence-electron chi connectivity index (χ0n) is 10.6. The van der Waals surface area contributed by atoms with E-state index >= 15 is 0 Å². The molecule has 1 atom stereocenters. The molecule has 15 heavy (non-hydrogen) atoms. The molecule has 0 aliphatic rings. The number of carbonyl (C=O) groups excluding carboxylic acids is 1. The minimum absolute atomic E-state index is 0.00694. The summed E-state index contributed by atoms with van der Waals surface area (Å²) in [5.74, 6) is 0.276. The molecule has 0 radical (unpaired) electrons. The summed E-state index contributed by atoms with van der Waals surface area (Å²) < 4.78 is 0. The third kappa shape index (κ3) is 5.17. The fourth-order valence-corrected chi connectivity index (χ4v) is 1.46. The van der Waals surface area contributed by atoms with Gasteiger partial charge in [-0.25, -0.2) is 0 Å². The Hall–Kier alpha value is -0.570. The van der Waals surface area contributed by atoms with Crippen molar-refractivity contribution in [3.05, 3.63) is 0 Å². The van der Waals surface area contributed by atoms with Crippen LogP contribution in [0.3, 0.4) is 0 Å². The van der Waals surface area contributed by atoms with Gasteiger partial charge < -0.3 is 10.4 Å². The number of aliphatic hydroxyl groups excluding tert-OH is 1. The lowest BCUT2D eigenvalue weighted by Gasteiger charge is -2.23. The fraction of sp³-hybridized carbons (Fsp3) is 0.917. The number of hydrogen-bond donors (Lipinski definition) is 2. The SMILES string of the molecule is CCC(CC)C(O)CNC(=O)C(C)(C)C. The largest absolute Gasteiger partial charge is 0.391 e. The average molecular weight is 215 g/mol. The van der Waals surface area contributed by atoms with Crippen molar-refractivity contribution in [2.75, 3.05) is 6.54 Å². The van der Waals surface area contributed by atoms with Gasteiger partial charge in [-0.2, -0.15) is 0 Å². The Balaban J connectivity index is 4.00. The molecule has 0 aromatic carbocycles. The summed E-state index contributed by atoms with van der Waals surface area (Å²) in [7, 11) is 0. The van der Waals surface area contributed by atoms with Crippen LogP contribution in [0.2, 0.25) is 0 Å². The van der Waals surface area contributed by atoms with E-state index in [9.17, 15) is 9.90 Å². The summed E-state index contributed by atoms with van der Waals surface area (Å²) in [6, 6.07) is 0. The Morgan fingerprint density at radius 2 is 1.73 bits per heavy atom. The van der Waals surface area contributed by atoms with Gasteiger partial charge in [0.25, 0.3) is 0 Å². The van der Waals surface area contributed by atoms with E-state index in [4.69, 9.17) is 0 Å². The van der Waals surface area contributed by atoms with Crippen LogP contribution in [-0.2, 0) is 4.79 Å². The van der Waals surface area contributed by atoms with Crippen molar-refractivity contribution in [1.82, 2.24) is 5.32 Å². The average Bonchev–Trinajstić information content (AvgIpc) is 2.14. The van der Waals surface area contributed by atoms with E-state index in [1.165, 1.54) is 0 Å². The molecule has 0 aromatic heterocycles. The molecular formula is C12H25NO2. The van der Waals surface area contributed by atoms with Crippen molar-refractivity contribution in [3.63, 3.8) is 0 Å². The molecule has 0 heterocycles. The summed E-state index contributed by atoms with van der Waals surface area (Å²) in [4.78, 5) is 11.5. The second kappa shape index (κ2) is 6.11. The van der Waals surface area contributed by atoms with Gasteiger partial charge in [-0.1, -0.05) is 47.5 Å². The summed E-state index contributed by atoms with van der Waals surface area (Å²) in [5, 5.41) is 12.6.